The summed E-state index contributed by atoms with van der Waals surface area (Å²) in [5.41, 5.74) is 2.95. The Morgan fingerprint density at radius 2 is 2.15 bits per heavy atom. The molecule has 0 N–H and O–H groups in total. The van der Waals surface area contributed by atoms with Crippen molar-refractivity contribution >= 4 is 5.71 Å². The monoisotopic (exact) mass is 178 g/mol. The first-order chi connectivity index (χ1) is 6.19. The minimum absolute atomic E-state index is 0.628. The fourth-order valence-electron chi connectivity index (χ4n) is 1.10. The van der Waals surface area contributed by atoms with Gasteiger partial charge in [-0.05, 0) is 19.4 Å². The molecule has 0 aromatic carbocycles. The highest BCUT2D eigenvalue weighted by Gasteiger charge is 2.04. The second-order valence-electron chi connectivity index (χ2n) is 2.83. The standard InChI is InChI=1S/C10H14N2O/c1-7-5-6-9(13-4)12-10(7)8(2)11-3/h5-6H,1-4H3/b11-8-. The lowest BCUT2D eigenvalue weighted by atomic mass is 10.1. The molecule has 1 aromatic rings. The average Bonchev–Trinajstić information content (AvgIpc) is 2.17. The van der Waals surface area contributed by atoms with Gasteiger partial charge in [0.15, 0.2) is 0 Å². The number of hydrogen-bond acceptors (Lipinski definition) is 3. The normalized spacial score (nSPS) is 11.5. The first-order valence-corrected chi connectivity index (χ1v) is 4.14. The Morgan fingerprint density at radius 1 is 1.46 bits per heavy atom. The Labute approximate surface area is 78.5 Å². The van der Waals surface area contributed by atoms with E-state index >= 15 is 0 Å². The molecule has 0 atom stereocenters. The zero-order chi connectivity index (χ0) is 9.84. The van der Waals surface area contributed by atoms with Crippen LogP contribution in [0.5, 0.6) is 5.88 Å². The summed E-state index contributed by atoms with van der Waals surface area (Å²) in [5, 5.41) is 0. The van der Waals surface area contributed by atoms with Crippen LogP contribution >= 0.6 is 0 Å². The minimum Gasteiger partial charge on any atom is -0.481 e. The van der Waals surface area contributed by atoms with Crippen molar-refractivity contribution in [3.63, 3.8) is 0 Å². The molecule has 3 heteroatoms. The van der Waals surface area contributed by atoms with Gasteiger partial charge in [0.25, 0.3) is 0 Å². The molecule has 13 heavy (non-hydrogen) atoms. The molecule has 0 aliphatic carbocycles. The van der Waals surface area contributed by atoms with Gasteiger partial charge in [-0.15, -0.1) is 0 Å². The molecule has 0 unspecified atom stereocenters. The van der Waals surface area contributed by atoms with E-state index < -0.39 is 0 Å². The van der Waals surface area contributed by atoms with Crippen LogP contribution in [0.25, 0.3) is 0 Å². The average molecular weight is 178 g/mol. The van der Waals surface area contributed by atoms with Crippen molar-refractivity contribution in [2.75, 3.05) is 14.2 Å². The smallest absolute Gasteiger partial charge is 0.213 e. The van der Waals surface area contributed by atoms with Crippen LogP contribution in [0.4, 0.5) is 0 Å². The van der Waals surface area contributed by atoms with E-state index in [-0.39, 0.29) is 0 Å². The number of aryl methyl sites for hydroxylation is 1. The van der Waals surface area contributed by atoms with Gasteiger partial charge in [-0.2, -0.15) is 0 Å². The molecule has 70 valence electrons. The van der Waals surface area contributed by atoms with Crippen LogP contribution in [0, 0.1) is 6.92 Å². The summed E-state index contributed by atoms with van der Waals surface area (Å²) < 4.78 is 5.04. The summed E-state index contributed by atoms with van der Waals surface area (Å²) in [6.07, 6.45) is 0. The van der Waals surface area contributed by atoms with Gasteiger partial charge in [0, 0.05) is 13.1 Å². The fourth-order valence-corrected chi connectivity index (χ4v) is 1.10. The van der Waals surface area contributed by atoms with E-state index in [1.165, 1.54) is 0 Å². The number of aliphatic imine (C=N–C) groups is 1. The number of pyridine rings is 1. The van der Waals surface area contributed by atoms with Crippen molar-refractivity contribution in [3.05, 3.63) is 23.4 Å². The molecule has 0 saturated carbocycles. The van der Waals surface area contributed by atoms with E-state index in [0.29, 0.717) is 5.88 Å². The largest absolute Gasteiger partial charge is 0.481 e. The Balaban J connectivity index is 3.19. The molecule has 1 heterocycles. The summed E-state index contributed by atoms with van der Waals surface area (Å²) >= 11 is 0. The highest BCUT2D eigenvalue weighted by atomic mass is 16.5. The molecule has 0 aliphatic heterocycles. The highest BCUT2D eigenvalue weighted by Crippen LogP contribution is 2.12. The van der Waals surface area contributed by atoms with Crippen LogP contribution in [0.1, 0.15) is 18.2 Å². The molecule has 0 bridgehead atoms. The van der Waals surface area contributed by atoms with Gasteiger partial charge in [-0.25, -0.2) is 4.98 Å². The minimum atomic E-state index is 0.628. The summed E-state index contributed by atoms with van der Waals surface area (Å²) in [7, 11) is 3.37. The molecular formula is C10H14N2O. The van der Waals surface area contributed by atoms with E-state index in [1.807, 2.05) is 26.0 Å². The molecule has 3 nitrogen and oxygen atoms in total. The van der Waals surface area contributed by atoms with E-state index in [0.717, 1.165) is 17.0 Å². The highest BCUT2D eigenvalue weighted by molar-refractivity contribution is 5.98. The van der Waals surface area contributed by atoms with Gasteiger partial charge < -0.3 is 4.74 Å². The van der Waals surface area contributed by atoms with Gasteiger partial charge in [-0.3, -0.25) is 4.99 Å². The second-order valence-corrected chi connectivity index (χ2v) is 2.83. The summed E-state index contributed by atoms with van der Waals surface area (Å²) in [5.74, 6) is 0.628. The molecule has 0 fully saturated rings. The molecule has 0 spiro atoms. The maximum atomic E-state index is 5.04. The summed E-state index contributed by atoms with van der Waals surface area (Å²) in [6, 6.07) is 3.83. The predicted molar refractivity (Wildman–Crippen MR) is 53.7 cm³/mol. The molecule has 0 radical (unpaired) electrons. The zero-order valence-corrected chi connectivity index (χ0v) is 8.46. The van der Waals surface area contributed by atoms with Crippen molar-refractivity contribution in [2.45, 2.75) is 13.8 Å². The maximum Gasteiger partial charge on any atom is 0.213 e. The van der Waals surface area contributed by atoms with Crippen LogP contribution < -0.4 is 4.74 Å². The van der Waals surface area contributed by atoms with Crippen LogP contribution in [-0.2, 0) is 0 Å². The van der Waals surface area contributed by atoms with Crippen LogP contribution in [0.2, 0.25) is 0 Å². The van der Waals surface area contributed by atoms with Crippen molar-refractivity contribution in [1.82, 2.24) is 4.98 Å². The Bertz CT molecular complexity index is 332. The number of hydrogen-bond donors (Lipinski definition) is 0. The molecule has 0 aliphatic rings. The van der Waals surface area contributed by atoms with E-state index in [1.54, 1.807) is 14.2 Å². The molecule has 1 aromatic heterocycles. The lowest BCUT2D eigenvalue weighted by Crippen LogP contribution is -2.03. The van der Waals surface area contributed by atoms with Crippen LogP contribution in [0.15, 0.2) is 17.1 Å². The number of rotatable bonds is 2. The summed E-state index contributed by atoms with van der Waals surface area (Å²) in [4.78, 5) is 8.40. The number of ether oxygens (including phenoxy) is 1. The molecule has 0 saturated heterocycles. The van der Waals surface area contributed by atoms with Crippen molar-refractivity contribution in [1.29, 1.82) is 0 Å². The van der Waals surface area contributed by atoms with Gasteiger partial charge in [-0.1, -0.05) is 6.07 Å². The third kappa shape index (κ3) is 2.05. The van der Waals surface area contributed by atoms with Gasteiger partial charge >= 0.3 is 0 Å². The Morgan fingerprint density at radius 3 is 2.69 bits per heavy atom. The molecule has 1 rings (SSSR count). The van der Waals surface area contributed by atoms with Crippen LogP contribution in [-0.4, -0.2) is 24.9 Å². The SMILES string of the molecule is C/N=C(/C)c1nc(OC)ccc1C. The number of nitrogens with zero attached hydrogens (tertiary/aromatic N) is 2. The molecular weight excluding hydrogens is 164 g/mol. The lowest BCUT2D eigenvalue weighted by Gasteiger charge is -2.05. The Kier molecular flexibility index (Phi) is 3.01. The maximum absolute atomic E-state index is 5.04. The Hall–Kier alpha value is -1.38. The van der Waals surface area contributed by atoms with Gasteiger partial charge in [0.1, 0.15) is 0 Å². The summed E-state index contributed by atoms with van der Waals surface area (Å²) in [6.45, 7) is 3.95. The number of methoxy groups -OCH3 is 1. The quantitative estimate of drug-likeness (QED) is 0.647. The molecule has 0 amide bonds. The zero-order valence-electron chi connectivity index (χ0n) is 8.46. The second kappa shape index (κ2) is 4.03. The fraction of sp³-hybridized carbons (Fsp3) is 0.400. The topological polar surface area (TPSA) is 34.5 Å². The van der Waals surface area contributed by atoms with Gasteiger partial charge in [0.05, 0.1) is 18.5 Å². The van der Waals surface area contributed by atoms with Gasteiger partial charge in [0.2, 0.25) is 5.88 Å². The third-order valence-corrected chi connectivity index (χ3v) is 1.96. The van der Waals surface area contributed by atoms with Crippen molar-refractivity contribution < 1.29 is 4.74 Å². The van der Waals surface area contributed by atoms with Crippen molar-refractivity contribution in [3.8, 4) is 5.88 Å². The van der Waals surface area contributed by atoms with E-state index in [4.69, 9.17) is 4.74 Å². The van der Waals surface area contributed by atoms with E-state index in [9.17, 15) is 0 Å². The first-order valence-electron chi connectivity index (χ1n) is 4.14. The third-order valence-electron chi connectivity index (χ3n) is 1.96. The lowest BCUT2D eigenvalue weighted by molar-refractivity contribution is 0.397. The van der Waals surface area contributed by atoms with Crippen molar-refractivity contribution in [2.24, 2.45) is 4.99 Å². The van der Waals surface area contributed by atoms with Crippen LogP contribution in [0.3, 0.4) is 0 Å². The number of aromatic nitrogens is 1. The predicted octanol–water partition coefficient (Wildman–Crippen LogP) is 1.84. The first kappa shape index (κ1) is 9.71. The van der Waals surface area contributed by atoms with E-state index in [2.05, 4.69) is 9.98 Å².